The van der Waals surface area contributed by atoms with E-state index in [9.17, 15) is 24.0 Å². The molecule has 0 atom stereocenters. The third-order valence-electron chi connectivity index (χ3n) is 6.30. The number of carbonyl (C=O) groups excluding carboxylic acids is 4. The van der Waals surface area contributed by atoms with Gasteiger partial charge in [0.1, 0.15) is 11.4 Å². The van der Waals surface area contributed by atoms with Gasteiger partial charge in [0.15, 0.2) is 5.84 Å². The zero-order valence-corrected chi connectivity index (χ0v) is 23.6. The standard InChI is InChI=1S/C28H30FN7O7/c1-28(2,3)43-27(42)34-32-23(31-33-26(40)41)17-9-10-19(29)20-18(15-30-21(17)20)22(37)25(39)36-13-11-35(12-14-36)24(38)16-7-5-4-6-8-16/h4-10,15,30,33H,11-14H2,1-3H3,(H,31,32)(H,34,42)(H,40,41). The highest BCUT2D eigenvalue weighted by molar-refractivity contribution is 6.45. The second-order valence-corrected chi connectivity index (χ2v) is 10.5. The number of Topliss-reactive ketones (excluding diaryl/α,β-unsaturated/α-hetero) is 1. The molecule has 15 heteroatoms. The number of carbonyl (C=O) groups is 5. The molecule has 3 aromatic rings. The van der Waals surface area contributed by atoms with Gasteiger partial charge in [0.05, 0.1) is 11.1 Å². The molecule has 4 amide bonds. The number of H-pyrrole nitrogens is 1. The molecule has 1 fully saturated rings. The van der Waals surface area contributed by atoms with Crippen LogP contribution in [0.1, 0.15) is 47.1 Å². The first-order valence-corrected chi connectivity index (χ1v) is 13.1. The predicted octanol–water partition coefficient (Wildman–Crippen LogP) is 2.43. The lowest BCUT2D eigenvalue weighted by atomic mass is 10.0. The Morgan fingerprint density at radius 2 is 1.58 bits per heavy atom. The summed E-state index contributed by atoms with van der Waals surface area (Å²) in [6.07, 6.45) is -1.27. The quantitative estimate of drug-likeness (QED) is 0.0979. The van der Waals surface area contributed by atoms with E-state index in [4.69, 9.17) is 9.84 Å². The van der Waals surface area contributed by atoms with Crippen molar-refractivity contribution in [1.82, 2.24) is 31.1 Å². The van der Waals surface area contributed by atoms with Crippen molar-refractivity contribution in [2.24, 2.45) is 5.10 Å². The number of ether oxygens (including phenoxy) is 1. The topological polar surface area (TPSA) is 186 Å². The van der Waals surface area contributed by atoms with Gasteiger partial charge in [-0.3, -0.25) is 19.8 Å². The number of nitrogens with one attached hydrogen (secondary N) is 4. The van der Waals surface area contributed by atoms with Gasteiger partial charge in [0, 0.05) is 48.9 Å². The molecule has 43 heavy (non-hydrogen) atoms. The Kier molecular flexibility index (Phi) is 8.92. The highest BCUT2D eigenvalue weighted by atomic mass is 19.1. The number of benzene rings is 2. The van der Waals surface area contributed by atoms with Gasteiger partial charge < -0.3 is 24.6 Å². The van der Waals surface area contributed by atoms with Crippen LogP contribution in [0.4, 0.5) is 14.0 Å². The van der Waals surface area contributed by atoms with E-state index in [2.05, 4.69) is 20.9 Å². The van der Waals surface area contributed by atoms with Crippen molar-refractivity contribution in [3.63, 3.8) is 0 Å². The van der Waals surface area contributed by atoms with Crippen LogP contribution in [0.3, 0.4) is 0 Å². The number of fused-ring (bicyclic) bond motifs is 1. The number of amides is 4. The molecule has 0 spiro atoms. The lowest BCUT2D eigenvalue weighted by molar-refractivity contribution is -0.127. The van der Waals surface area contributed by atoms with E-state index in [1.807, 2.05) is 0 Å². The molecule has 4 rings (SSSR count). The second kappa shape index (κ2) is 12.6. The molecule has 1 aromatic heterocycles. The van der Waals surface area contributed by atoms with E-state index in [1.165, 1.54) is 11.0 Å². The maximum Gasteiger partial charge on any atom is 0.426 e. The summed E-state index contributed by atoms with van der Waals surface area (Å²) >= 11 is 0. The van der Waals surface area contributed by atoms with Gasteiger partial charge in [-0.1, -0.05) is 18.2 Å². The van der Waals surface area contributed by atoms with Crippen LogP contribution < -0.4 is 16.3 Å². The van der Waals surface area contributed by atoms with Gasteiger partial charge in [0.25, 0.3) is 17.6 Å². The molecule has 0 radical (unpaired) electrons. The fourth-order valence-corrected chi connectivity index (χ4v) is 4.39. The third kappa shape index (κ3) is 7.25. The summed E-state index contributed by atoms with van der Waals surface area (Å²) in [6.45, 7) is 5.56. The van der Waals surface area contributed by atoms with Crippen LogP contribution in [0, 0.1) is 5.82 Å². The highest BCUT2D eigenvalue weighted by Crippen LogP contribution is 2.26. The summed E-state index contributed by atoms with van der Waals surface area (Å²) in [4.78, 5) is 68.0. The number of aromatic amines is 1. The van der Waals surface area contributed by atoms with Crippen molar-refractivity contribution in [1.29, 1.82) is 0 Å². The van der Waals surface area contributed by atoms with Crippen LogP contribution >= 0.6 is 0 Å². The molecule has 1 saturated heterocycles. The molecule has 2 heterocycles. The third-order valence-corrected chi connectivity index (χ3v) is 6.30. The Morgan fingerprint density at radius 1 is 0.930 bits per heavy atom. The van der Waals surface area contributed by atoms with E-state index in [0.717, 1.165) is 12.3 Å². The Balaban J connectivity index is 1.54. The van der Waals surface area contributed by atoms with Gasteiger partial charge in [-0.25, -0.2) is 24.8 Å². The van der Waals surface area contributed by atoms with Crippen LogP contribution in [0.5, 0.6) is 0 Å². The largest absolute Gasteiger partial charge is 0.464 e. The molecule has 2 aromatic carbocycles. The summed E-state index contributed by atoms with van der Waals surface area (Å²) in [5.74, 6) is -3.14. The summed E-state index contributed by atoms with van der Waals surface area (Å²) in [5.41, 5.74) is 5.91. The zero-order valence-electron chi connectivity index (χ0n) is 23.6. The smallest absolute Gasteiger partial charge is 0.426 e. The minimum atomic E-state index is -1.52. The second-order valence-electron chi connectivity index (χ2n) is 10.5. The fourth-order valence-electron chi connectivity index (χ4n) is 4.39. The van der Waals surface area contributed by atoms with Gasteiger partial charge in [-0.2, -0.15) is 0 Å². The number of ketones is 1. The number of halogens is 1. The van der Waals surface area contributed by atoms with Gasteiger partial charge in [0.2, 0.25) is 0 Å². The molecular weight excluding hydrogens is 565 g/mol. The number of rotatable bonds is 5. The molecule has 0 bridgehead atoms. The lowest BCUT2D eigenvalue weighted by Gasteiger charge is -2.34. The summed E-state index contributed by atoms with van der Waals surface area (Å²) < 4.78 is 20.2. The van der Waals surface area contributed by atoms with Crippen LogP contribution in [-0.2, 0) is 9.53 Å². The van der Waals surface area contributed by atoms with Crippen molar-refractivity contribution in [2.75, 3.05) is 26.2 Å². The molecule has 14 nitrogen and oxygen atoms in total. The average molecular weight is 596 g/mol. The number of aromatic nitrogens is 1. The van der Waals surface area contributed by atoms with Crippen LogP contribution in [0.25, 0.3) is 10.9 Å². The Morgan fingerprint density at radius 3 is 2.21 bits per heavy atom. The number of piperazine rings is 1. The fraction of sp³-hybridized carbons (Fsp3) is 0.286. The number of nitrogens with zero attached hydrogens (tertiary/aromatic N) is 3. The highest BCUT2D eigenvalue weighted by Gasteiger charge is 2.31. The maximum absolute atomic E-state index is 15.1. The van der Waals surface area contributed by atoms with E-state index >= 15 is 4.39 Å². The first-order valence-electron chi connectivity index (χ1n) is 13.1. The monoisotopic (exact) mass is 595 g/mol. The van der Waals surface area contributed by atoms with E-state index in [0.29, 0.717) is 5.56 Å². The molecule has 5 N–H and O–H groups in total. The molecule has 0 unspecified atom stereocenters. The first kappa shape index (κ1) is 30.5. The van der Waals surface area contributed by atoms with Crippen molar-refractivity contribution >= 4 is 46.5 Å². The Labute approximate surface area is 244 Å². The van der Waals surface area contributed by atoms with Crippen LogP contribution in [0.2, 0.25) is 0 Å². The van der Waals surface area contributed by atoms with Crippen molar-refractivity contribution in [3.05, 3.63) is 71.2 Å². The summed E-state index contributed by atoms with van der Waals surface area (Å²) in [5, 5.41) is 12.5. The van der Waals surface area contributed by atoms with Gasteiger partial charge in [-0.15, -0.1) is 5.10 Å². The van der Waals surface area contributed by atoms with Gasteiger partial charge in [-0.05, 0) is 45.0 Å². The van der Waals surface area contributed by atoms with Crippen molar-refractivity contribution < 1.29 is 38.2 Å². The number of hydrazine groups is 1. The molecule has 226 valence electrons. The molecular formula is C28H30FN7O7. The zero-order chi connectivity index (χ0) is 31.3. The number of hydrazone groups is 1. The minimum absolute atomic E-state index is 0.00106. The summed E-state index contributed by atoms with van der Waals surface area (Å²) in [6, 6.07) is 10.9. The molecule has 1 aliphatic rings. The van der Waals surface area contributed by atoms with Crippen molar-refractivity contribution in [3.8, 4) is 0 Å². The predicted molar refractivity (Wildman–Crippen MR) is 152 cm³/mol. The summed E-state index contributed by atoms with van der Waals surface area (Å²) in [7, 11) is 0. The average Bonchev–Trinajstić information content (AvgIpc) is 3.42. The molecule has 0 aliphatic carbocycles. The van der Waals surface area contributed by atoms with E-state index in [-0.39, 0.29) is 60.0 Å². The van der Waals surface area contributed by atoms with Gasteiger partial charge >= 0.3 is 12.2 Å². The molecule has 0 saturated carbocycles. The first-order chi connectivity index (χ1) is 20.4. The van der Waals surface area contributed by atoms with E-state index in [1.54, 1.807) is 61.4 Å². The van der Waals surface area contributed by atoms with Crippen molar-refractivity contribution in [2.45, 2.75) is 26.4 Å². The number of amidine groups is 1. The van der Waals surface area contributed by atoms with E-state index < -0.39 is 35.3 Å². The number of hydrogen-bond acceptors (Lipinski definition) is 7. The minimum Gasteiger partial charge on any atom is -0.464 e. The number of carboxylic acid groups (broad SMARTS) is 1. The number of hydrogen-bond donors (Lipinski definition) is 5. The lowest BCUT2D eigenvalue weighted by Crippen LogP contribution is -2.52. The van der Waals surface area contributed by atoms with Crippen LogP contribution in [-0.4, -0.2) is 87.3 Å². The molecule has 1 aliphatic heterocycles. The maximum atomic E-state index is 15.1. The Bertz CT molecular complexity index is 1590. The SMILES string of the molecule is CC(C)(C)OC(=O)NN/C(=N/NC(=O)O)c1ccc(F)c2c(C(=O)C(=O)N3CCN(C(=O)c4ccccc4)CC3)c[nH]c12. The normalized spacial score (nSPS) is 13.8. The van der Waals surface area contributed by atoms with Crippen LogP contribution in [0.15, 0.2) is 53.8 Å². The Hall–Kier alpha value is -5.47.